The molecule has 0 radical (unpaired) electrons. The van der Waals surface area contributed by atoms with Gasteiger partial charge in [-0.1, -0.05) is 28.8 Å². The standard InChI is InChI=1S/C15H17Br2NO3/c16-11-5-6-13(12(17)8-11)18-14(19)9-21-15(20)7-10-3-1-2-4-10/h5-6,8,10H,1-4,7,9H2,(H,18,19). The maximum atomic E-state index is 11.8. The summed E-state index contributed by atoms with van der Waals surface area (Å²) < 4.78 is 6.70. The van der Waals surface area contributed by atoms with Crippen molar-refractivity contribution in [3.8, 4) is 0 Å². The van der Waals surface area contributed by atoms with Crippen LogP contribution in [0.15, 0.2) is 27.1 Å². The van der Waals surface area contributed by atoms with Gasteiger partial charge in [-0.2, -0.15) is 0 Å². The van der Waals surface area contributed by atoms with Crippen molar-refractivity contribution in [2.75, 3.05) is 11.9 Å². The maximum Gasteiger partial charge on any atom is 0.306 e. The molecule has 0 atom stereocenters. The van der Waals surface area contributed by atoms with Crippen LogP contribution in [0.3, 0.4) is 0 Å². The number of nitrogens with one attached hydrogen (secondary N) is 1. The van der Waals surface area contributed by atoms with Gasteiger partial charge in [-0.05, 0) is 52.9 Å². The van der Waals surface area contributed by atoms with Gasteiger partial charge in [-0.25, -0.2) is 0 Å². The molecule has 1 saturated carbocycles. The normalized spacial score (nSPS) is 15.0. The van der Waals surface area contributed by atoms with Crippen LogP contribution in [0.2, 0.25) is 0 Å². The number of hydrogen-bond donors (Lipinski definition) is 1. The van der Waals surface area contributed by atoms with E-state index in [0.717, 1.165) is 21.8 Å². The van der Waals surface area contributed by atoms with E-state index in [9.17, 15) is 9.59 Å². The fourth-order valence-electron chi connectivity index (χ4n) is 2.43. The third-order valence-corrected chi connectivity index (χ3v) is 4.65. The largest absolute Gasteiger partial charge is 0.456 e. The first-order valence-electron chi connectivity index (χ1n) is 6.95. The summed E-state index contributed by atoms with van der Waals surface area (Å²) in [6, 6.07) is 5.43. The lowest BCUT2D eigenvalue weighted by molar-refractivity contribution is -0.148. The Labute approximate surface area is 140 Å². The summed E-state index contributed by atoms with van der Waals surface area (Å²) in [6.45, 7) is -0.242. The number of hydrogen-bond acceptors (Lipinski definition) is 3. The average molecular weight is 419 g/mol. The van der Waals surface area contributed by atoms with E-state index in [1.165, 1.54) is 12.8 Å². The Morgan fingerprint density at radius 2 is 1.95 bits per heavy atom. The summed E-state index contributed by atoms with van der Waals surface area (Å²) in [5, 5.41) is 2.70. The van der Waals surface area contributed by atoms with Gasteiger partial charge < -0.3 is 10.1 Å². The lowest BCUT2D eigenvalue weighted by atomic mass is 10.1. The molecule has 1 aliphatic carbocycles. The Balaban J connectivity index is 1.75. The molecule has 0 bridgehead atoms. The lowest BCUT2D eigenvalue weighted by Gasteiger charge is -2.10. The highest BCUT2D eigenvalue weighted by atomic mass is 79.9. The molecule has 1 aliphatic rings. The predicted octanol–water partition coefficient (Wildman–Crippen LogP) is 4.27. The molecule has 0 saturated heterocycles. The van der Waals surface area contributed by atoms with Crippen molar-refractivity contribution in [3.05, 3.63) is 27.1 Å². The average Bonchev–Trinajstić information content (AvgIpc) is 2.92. The summed E-state index contributed by atoms with van der Waals surface area (Å²) in [7, 11) is 0. The van der Waals surface area contributed by atoms with Gasteiger partial charge >= 0.3 is 5.97 Å². The topological polar surface area (TPSA) is 55.4 Å². The van der Waals surface area contributed by atoms with Gasteiger partial charge in [0, 0.05) is 15.4 Å². The van der Waals surface area contributed by atoms with Gasteiger partial charge in [-0.15, -0.1) is 0 Å². The smallest absolute Gasteiger partial charge is 0.306 e. The molecular weight excluding hydrogens is 402 g/mol. The molecule has 6 heteroatoms. The van der Waals surface area contributed by atoms with Gasteiger partial charge in [0.25, 0.3) is 5.91 Å². The minimum atomic E-state index is -0.335. The van der Waals surface area contributed by atoms with E-state index in [1.54, 1.807) is 6.07 Å². The molecule has 1 fully saturated rings. The highest BCUT2D eigenvalue weighted by Crippen LogP contribution is 2.28. The van der Waals surface area contributed by atoms with Crippen LogP contribution in [0, 0.1) is 5.92 Å². The molecule has 0 unspecified atom stereocenters. The van der Waals surface area contributed by atoms with Gasteiger partial charge in [-0.3, -0.25) is 9.59 Å². The first-order valence-corrected chi connectivity index (χ1v) is 8.53. The Bertz CT molecular complexity index is 528. The molecule has 1 amide bonds. The molecule has 1 N–H and O–H groups in total. The Morgan fingerprint density at radius 1 is 1.24 bits per heavy atom. The van der Waals surface area contributed by atoms with E-state index in [2.05, 4.69) is 37.2 Å². The molecule has 0 aromatic heterocycles. The van der Waals surface area contributed by atoms with Crippen molar-refractivity contribution < 1.29 is 14.3 Å². The van der Waals surface area contributed by atoms with Gasteiger partial charge in [0.1, 0.15) is 0 Å². The number of anilines is 1. The minimum Gasteiger partial charge on any atom is -0.456 e. The number of halogens is 2. The number of carbonyl (C=O) groups excluding carboxylic acids is 2. The molecule has 21 heavy (non-hydrogen) atoms. The predicted molar refractivity (Wildman–Crippen MR) is 88.0 cm³/mol. The van der Waals surface area contributed by atoms with Gasteiger partial charge in [0.15, 0.2) is 6.61 Å². The zero-order chi connectivity index (χ0) is 15.2. The summed E-state index contributed by atoms with van der Waals surface area (Å²) >= 11 is 6.70. The second-order valence-electron chi connectivity index (χ2n) is 5.19. The molecule has 1 aromatic carbocycles. The third-order valence-electron chi connectivity index (χ3n) is 3.50. The van der Waals surface area contributed by atoms with Crippen LogP contribution in [-0.2, 0) is 14.3 Å². The summed E-state index contributed by atoms with van der Waals surface area (Å²) in [5.41, 5.74) is 0.648. The second-order valence-corrected chi connectivity index (χ2v) is 6.96. The van der Waals surface area contributed by atoms with E-state index in [4.69, 9.17) is 4.74 Å². The van der Waals surface area contributed by atoms with E-state index in [-0.39, 0.29) is 18.5 Å². The highest BCUT2D eigenvalue weighted by Gasteiger charge is 2.19. The zero-order valence-corrected chi connectivity index (χ0v) is 14.7. The number of esters is 1. The van der Waals surface area contributed by atoms with E-state index in [1.807, 2.05) is 12.1 Å². The molecule has 0 heterocycles. The summed E-state index contributed by atoms with van der Waals surface area (Å²) in [6.07, 6.45) is 4.99. The quantitative estimate of drug-likeness (QED) is 0.726. The molecular formula is C15H17Br2NO3. The van der Waals surface area contributed by atoms with E-state index >= 15 is 0 Å². The van der Waals surface area contributed by atoms with Crippen LogP contribution in [0.5, 0.6) is 0 Å². The summed E-state index contributed by atoms with van der Waals surface area (Å²) in [4.78, 5) is 23.4. The number of rotatable bonds is 5. The first kappa shape index (κ1) is 16.5. The lowest BCUT2D eigenvalue weighted by Crippen LogP contribution is -2.21. The third kappa shape index (κ3) is 5.43. The first-order chi connectivity index (χ1) is 10.0. The number of benzene rings is 1. The number of amides is 1. The van der Waals surface area contributed by atoms with Crippen molar-refractivity contribution >= 4 is 49.4 Å². The summed E-state index contributed by atoms with van der Waals surface area (Å²) in [5.74, 6) is -0.189. The Morgan fingerprint density at radius 3 is 2.62 bits per heavy atom. The monoisotopic (exact) mass is 417 g/mol. The number of ether oxygens (including phenoxy) is 1. The van der Waals surface area contributed by atoms with Crippen LogP contribution < -0.4 is 5.32 Å². The van der Waals surface area contributed by atoms with Crippen molar-refractivity contribution in [3.63, 3.8) is 0 Å². The van der Waals surface area contributed by atoms with Crippen molar-refractivity contribution in [1.82, 2.24) is 0 Å². The van der Waals surface area contributed by atoms with Crippen LogP contribution >= 0.6 is 31.9 Å². The van der Waals surface area contributed by atoms with E-state index in [0.29, 0.717) is 18.0 Å². The Hall–Kier alpha value is -0.880. The van der Waals surface area contributed by atoms with Gasteiger partial charge in [0.05, 0.1) is 5.69 Å². The maximum absolute atomic E-state index is 11.8. The van der Waals surface area contributed by atoms with Crippen molar-refractivity contribution in [1.29, 1.82) is 0 Å². The van der Waals surface area contributed by atoms with Crippen molar-refractivity contribution in [2.45, 2.75) is 32.1 Å². The SMILES string of the molecule is O=C(COC(=O)CC1CCCC1)Nc1ccc(Br)cc1Br. The van der Waals surface area contributed by atoms with Crippen molar-refractivity contribution in [2.24, 2.45) is 5.92 Å². The van der Waals surface area contributed by atoms with Crippen LogP contribution in [0.4, 0.5) is 5.69 Å². The molecule has 4 nitrogen and oxygen atoms in total. The van der Waals surface area contributed by atoms with Crippen LogP contribution in [0.25, 0.3) is 0 Å². The molecule has 0 aliphatic heterocycles. The molecule has 2 rings (SSSR count). The fourth-order valence-corrected chi connectivity index (χ4v) is 3.58. The molecule has 0 spiro atoms. The van der Waals surface area contributed by atoms with Crippen LogP contribution in [0.1, 0.15) is 32.1 Å². The second kappa shape index (κ2) is 7.94. The fraction of sp³-hybridized carbons (Fsp3) is 0.467. The minimum absolute atomic E-state index is 0.242. The van der Waals surface area contributed by atoms with Gasteiger partial charge in [0.2, 0.25) is 0 Å². The molecule has 114 valence electrons. The highest BCUT2D eigenvalue weighted by molar-refractivity contribution is 9.11. The zero-order valence-electron chi connectivity index (χ0n) is 11.5. The Kier molecular flexibility index (Phi) is 6.23. The van der Waals surface area contributed by atoms with Crippen LogP contribution in [-0.4, -0.2) is 18.5 Å². The molecule has 1 aromatic rings. The number of carbonyl (C=O) groups is 2. The van der Waals surface area contributed by atoms with E-state index < -0.39 is 0 Å².